The second-order valence-corrected chi connectivity index (χ2v) is 4.29. The van der Waals surface area contributed by atoms with E-state index in [1.165, 1.54) is 6.39 Å². The van der Waals surface area contributed by atoms with E-state index >= 15 is 0 Å². The maximum absolute atomic E-state index is 10.2. The molecular weight excluding hydrogens is 226 g/mol. The molecule has 90 valence electrons. The SMILES string of the molecule is OC(Cc1ccccc1)c1ccc2ncoc2c1. The molecule has 1 atom stereocenters. The van der Waals surface area contributed by atoms with Gasteiger partial charge in [0.1, 0.15) is 5.52 Å². The molecule has 3 heteroatoms. The highest BCUT2D eigenvalue weighted by Gasteiger charge is 2.10. The molecule has 1 heterocycles. The standard InChI is InChI=1S/C15H13NO2/c17-14(8-11-4-2-1-3-5-11)12-6-7-13-15(9-12)18-10-16-13/h1-7,9-10,14,17H,8H2. The van der Waals surface area contributed by atoms with Gasteiger partial charge in [0.25, 0.3) is 0 Å². The summed E-state index contributed by atoms with van der Waals surface area (Å²) in [6.07, 6.45) is 1.49. The van der Waals surface area contributed by atoms with E-state index in [1.54, 1.807) is 0 Å². The first-order valence-electron chi connectivity index (χ1n) is 5.88. The molecule has 0 bridgehead atoms. The highest BCUT2D eigenvalue weighted by Crippen LogP contribution is 2.22. The molecule has 3 aromatic rings. The first kappa shape index (κ1) is 11.0. The lowest BCUT2D eigenvalue weighted by Crippen LogP contribution is -2.01. The molecule has 0 saturated heterocycles. The van der Waals surface area contributed by atoms with Crippen LogP contribution in [0, 0.1) is 0 Å². The molecule has 1 aromatic heterocycles. The molecule has 1 N–H and O–H groups in total. The third-order valence-electron chi connectivity index (χ3n) is 3.01. The van der Waals surface area contributed by atoms with E-state index in [-0.39, 0.29) is 0 Å². The lowest BCUT2D eigenvalue weighted by molar-refractivity contribution is 0.178. The molecule has 0 saturated carbocycles. The van der Waals surface area contributed by atoms with Crippen LogP contribution in [0.25, 0.3) is 11.1 Å². The maximum atomic E-state index is 10.2. The van der Waals surface area contributed by atoms with Gasteiger partial charge in [0.15, 0.2) is 12.0 Å². The molecule has 2 aromatic carbocycles. The lowest BCUT2D eigenvalue weighted by atomic mass is 10.0. The molecular formula is C15H13NO2. The Morgan fingerprint density at radius 2 is 1.94 bits per heavy atom. The maximum Gasteiger partial charge on any atom is 0.181 e. The van der Waals surface area contributed by atoms with Crippen molar-refractivity contribution in [3.8, 4) is 0 Å². The second-order valence-electron chi connectivity index (χ2n) is 4.29. The van der Waals surface area contributed by atoms with Crippen LogP contribution in [0.5, 0.6) is 0 Å². The highest BCUT2D eigenvalue weighted by molar-refractivity contribution is 5.72. The molecule has 1 unspecified atom stereocenters. The van der Waals surface area contributed by atoms with Gasteiger partial charge in [0, 0.05) is 6.42 Å². The van der Waals surface area contributed by atoms with E-state index in [9.17, 15) is 5.11 Å². The zero-order valence-electron chi connectivity index (χ0n) is 9.78. The van der Waals surface area contributed by atoms with Gasteiger partial charge in [-0.3, -0.25) is 0 Å². The summed E-state index contributed by atoms with van der Waals surface area (Å²) in [5.74, 6) is 0. The molecule has 3 rings (SSSR count). The fourth-order valence-electron chi connectivity index (χ4n) is 2.03. The number of oxazole rings is 1. The first-order valence-corrected chi connectivity index (χ1v) is 5.88. The van der Waals surface area contributed by atoms with Crippen LogP contribution in [0.1, 0.15) is 17.2 Å². The Kier molecular flexibility index (Phi) is 2.82. The van der Waals surface area contributed by atoms with Crippen LogP contribution in [0.2, 0.25) is 0 Å². The Bertz CT molecular complexity index is 646. The van der Waals surface area contributed by atoms with Crippen molar-refractivity contribution in [2.45, 2.75) is 12.5 Å². The van der Waals surface area contributed by atoms with Gasteiger partial charge in [-0.2, -0.15) is 0 Å². The summed E-state index contributed by atoms with van der Waals surface area (Å²) in [5.41, 5.74) is 3.48. The van der Waals surface area contributed by atoms with Gasteiger partial charge in [0.05, 0.1) is 6.10 Å². The largest absolute Gasteiger partial charge is 0.443 e. The topological polar surface area (TPSA) is 46.3 Å². The Hall–Kier alpha value is -2.13. The Morgan fingerprint density at radius 3 is 2.78 bits per heavy atom. The van der Waals surface area contributed by atoms with Gasteiger partial charge in [-0.05, 0) is 23.3 Å². The van der Waals surface area contributed by atoms with Crippen molar-refractivity contribution in [1.82, 2.24) is 4.98 Å². The van der Waals surface area contributed by atoms with E-state index in [4.69, 9.17) is 4.42 Å². The van der Waals surface area contributed by atoms with Gasteiger partial charge >= 0.3 is 0 Å². The average Bonchev–Trinajstić information content (AvgIpc) is 2.87. The van der Waals surface area contributed by atoms with Crippen LogP contribution in [0.15, 0.2) is 59.3 Å². The number of benzene rings is 2. The van der Waals surface area contributed by atoms with Crippen molar-refractivity contribution in [2.24, 2.45) is 0 Å². The van der Waals surface area contributed by atoms with Crippen LogP contribution in [0.4, 0.5) is 0 Å². The third kappa shape index (κ3) is 2.13. The highest BCUT2D eigenvalue weighted by atomic mass is 16.3. The van der Waals surface area contributed by atoms with Crippen molar-refractivity contribution in [3.63, 3.8) is 0 Å². The molecule has 0 spiro atoms. The first-order chi connectivity index (χ1) is 8.83. The second kappa shape index (κ2) is 4.63. The quantitative estimate of drug-likeness (QED) is 0.763. The summed E-state index contributed by atoms with van der Waals surface area (Å²) < 4.78 is 5.24. The van der Waals surface area contributed by atoms with E-state index < -0.39 is 6.10 Å². The lowest BCUT2D eigenvalue weighted by Gasteiger charge is -2.10. The van der Waals surface area contributed by atoms with Crippen LogP contribution < -0.4 is 0 Å². The normalized spacial score (nSPS) is 12.7. The molecule has 0 aliphatic heterocycles. The van der Waals surface area contributed by atoms with Gasteiger partial charge in [-0.25, -0.2) is 4.98 Å². The summed E-state index contributed by atoms with van der Waals surface area (Å²) >= 11 is 0. The molecule has 0 aliphatic rings. The van der Waals surface area contributed by atoms with Crippen molar-refractivity contribution < 1.29 is 9.52 Å². The van der Waals surface area contributed by atoms with Gasteiger partial charge in [-0.1, -0.05) is 36.4 Å². The van der Waals surface area contributed by atoms with Crippen molar-refractivity contribution >= 4 is 11.1 Å². The van der Waals surface area contributed by atoms with Gasteiger partial charge in [0.2, 0.25) is 0 Å². The summed E-state index contributed by atoms with van der Waals surface area (Å²) in [6.45, 7) is 0. The monoisotopic (exact) mass is 239 g/mol. The smallest absolute Gasteiger partial charge is 0.181 e. The zero-order valence-corrected chi connectivity index (χ0v) is 9.78. The van der Waals surface area contributed by atoms with E-state index in [2.05, 4.69) is 4.98 Å². The number of fused-ring (bicyclic) bond motifs is 1. The fraction of sp³-hybridized carbons (Fsp3) is 0.133. The number of aromatic nitrogens is 1. The molecule has 0 amide bonds. The van der Waals surface area contributed by atoms with E-state index in [0.717, 1.165) is 16.6 Å². The number of aliphatic hydroxyl groups is 1. The van der Waals surface area contributed by atoms with Crippen LogP contribution in [0.3, 0.4) is 0 Å². The zero-order chi connectivity index (χ0) is 12.4. The minimum atomic E-state index is -0.526. The van der Waals surface area contributed by atoms with Gasteiger partial charge in [-0.15, -0.1) is 0 Å². The average molecular weight is 239 g/mol. The number of hydrogen-bond acceptors (Lipinski definition) is 3. The Labute approximate surface area is 105 Å². The number of rotatable bonds is 3. The van der Waals surface area contributed by atoms with E-state index in [0.29, 0.717) is 12.0 Å². The predicted molar refractivity (Wildman–Crippen MR) is 69.1 cm³/mol. The Balaban J connectivity index is 1.85. The molecule has 3 nitrogen and oxygen atoms in total. The summed E-state index contributed by atoms with van der Waals surface area (Å²) in [5, 5.41) is 10.2. The van der Waals surface area contributed by atoms with E-state index in [1.807, 2.05) is 48.5 Å². The van der Waals surface area contributed by atoms with Crippen LogP contribution >= 0.6 is 0 Å². The fourth-order valence-corrected chi connectivity index (χ4v) is 2.03. The summed E-state index contributed by atoms with van der Waals surface area (Å²) in [4.78, 5) is 4.05. The Morgan fingerprint density at radius 1 is 1.11 bits per heavy atom. The minimum absolute atomic E-state index is 0.526. The van der Waals surface area contributed by atoms with Crippen molar-refractivity contribution in [2.75, 3.05) is 0 Å². The van der Waals surface area contributed by atoms with Gasteiger partial charge < -0.3 is 9.52 Å². The number of nitrogens with zero attached hydrogens (tertiary/aromatic N) is 1. The molecule has 0 aliphatic carbocycles. The van der Waals surface area contributed by atoms with Crippen LogP contribution in [-0.2, 0) is 6.42 Å². The predicted octanol–water partition coefficient (Wildman–Crippen LogP) is 3.10. The third-order valence-corrected chi connectivity index (χ3v) is 3.01. The van der Waals surface area contributed by atoms with Crippen molar-refractivity contribution in [1.29, 1.82) is 0 Å². The number of hydrogen-bond donors (Lipinski definition) is 1. The summed E-state index contributed by atoms with van der Waals surface area (Å²) in [7, 11) is 0. The molecule has 0 fully saturated rings. The molecule has 0 radical (unpaired) electrons. The van der Waals surface area contributed by atoms with Crippen molar-refractivity contribution in [3.05, 3.63) is 66.1 Å². The molecule has 18 heavy (non-hydrogen) atoms. The number of aliphatic hydroxyl groups excluding tert-OH is 1. The minimum Gasteiger partial charge on any atom is -0.443 e. The van der Waals surface area contributed by atoms with Crippen LogP contribution in [-0.4, -0.2) is 10.1 Å². The summed E-state index contributed by atoms with van der Waals surface area (Å²) in [6, 6.07) is 15.5.